The van der Waals surface area contributed by atoms with Crippen molar-refractivity contribution >= 4 is 24.0 Å². The number of alkyl carbamates (subject to hydrolysis) is 1. The molecule has 0 spiro atoms. The molecule has 2 amide bonds. The molecule has 1 saturated carbocycles. The number of anilines is 1. The Hall–Kier alpha value is -3.76. The first-order valence-electron chi connectivity index (χ1n) is 11.5. The molecule has 0 atom stereocenters. The molecular weight excluding hydrogens is 454 g/mol. The van der Waals surface area contributed by atoms with E-state index in [1.807, 2.05) is 27.7 Å². The lowest BCUT2D eigenvalue weighted by Crippen LogP contribution is -2.38. The summed E-state index contributed by atoms with van der Waals surface area (Å²) in [7, 11) is 1.47. The van der Waals surface area contributed by atoms with Crippen LogP contribution in [-0.2, 0) is 9.53 Å². The molecule has 1 fully saturated rings. The van der Waals surface area contributed by atoms with Gasteiger partial charge in [-0.1, -0.05) is 0 Å². The zero-order valence-electron chi connectivity index (χ0n) is 20.6. The molecule has 11 heteroatoms. The lowest BCUT2D eigenvalue weighted by molar-refractivity contribution is -0.118. The third-order valence-corrected chi connectivity index (χ3v) is 5.27. The van der Waals surface area contributed by atoms with Crippen LogP contribution in [0.25, 0.3) is 0 Å². The second-order valence-electron chi connectivity index (χ2n) is 8.97. The highest BCUT2D eigenvalue weighted by atomic mass is 16.6. The van der Waals surface area contributed by atoms with Crippen molar-refractivity contribution in [1.82, 2.24) is 15.5 Å². The highest BCUT2D eigenvalue weighted by molar-refractivity contribution is 5.92. The van der Waals surface area contributed by atoms with Crippen molar-refractivity contribution in [3.05, 3.63) is 29.5 Å². The lowest BCUT2D eigenvalue weighted by atomic mass is 9.80. The third-order valence-electron chi connectivity index (χ3n) is 5.27. The Bertz CT molecular complexity index is 1060. The maximum Gasteiger partial charge on any atom is 0.407 e. The van der Waals surface area contributed by atoms with Gasteiger partial charge in [0.25, 0.3) is 5.91 Å². The van der Waals surface area contributed by atoms with E-state index in [2.05, 4.69) is 25.8 Å². The highest BCUT2D eigenvalue weighted by Crippen LogP contribution is 2.38. The fourth-order valence-corrected chi connectivity index (χ4v) is 3.45. The Morgan fingerprint density at radius 3 is 2.66 bits per heavy atom. The molecule has 1 aromatic carbocycles. The first-order chi connectivity index (χ1) is 16.6. The Labute approximate surface area is 204 Å². The number of amides is 2. The summed E-state index contributed by atoms with van der Waals surface area (Å²) < 4.78 is 16.2. The largest absolute Gasteiger partial charge is 0.507 e. The lowest BCUT2D eigenvalue weighted by Gasteiger charge is -2.33. The van der Waals surface area contributed by atoms with Gasteiger partial charge in [0.2, 0.25) is 0 Å². The Kier molecular flexibility index (Phi) is 8.56. The van der Waals surface area contributed by atoms with E-state index in [0.29, 0.717) is 30.0 Å². The van der Waals surface area contributed by atoms with Crippen LogP contribution in [-0.4, -0.2) is 65.4 Å². The van der Waals surface area contributed by atoms with E-state index in [9.17, 15) is 14.7 Å². The molecule has 11 nitrogen and oxygen atoms in total. The monoisotopic (exact) mass is 487 g/mol. The molecule has 4 N–H and O–H groups in total. The number of nitrogens with zero attached hydrogens (tertiary/aromatic N) is 2. The molecule has 35 heavy (non-hydrogen) atoms. The fraction of sp³-hybridized carbons (Fsp3) is 0.500. The summed E-state index contributed by atoms with van der Waals surface area (Å²) in [6.07, 6.45) is 2.33. The van der Waals surface area contributed by atoms with Crippen LogP contribution in [0.5, 0.6) is 17.2 Å². The van der Waals surface area contributed by atoms with Crippen molar-refractivity contribution in [2.75, 3.05) is 19.0 Å². The molecule has 3 rings (SSSR count). The number of aliphatic imine (C=N–C) groups is 1. The van der Waals surface area contributed by atoms with E-state index >= 15 is 0 Å². The molecular formula is C24H33N5O6. The van der Waals surface area contributed by atoms with Crippen LogP contribution in [0.4, 0.5) is 10.6 Å². The number of carbonyl (C=O) groups excluding carboxylic acids is 2. The number of hydrogen-bond donors (Lipinski definition) is 4. The van der Waals surface area contributed by atoms with Crippen molar-refractivity contribution < 1.29 is 28.9 Å². The number of aromatic nitrogens is 2. The van der Waals surface area contributed by atoms with Gasteiger partial charge in [-0.05, 0) is 40.5 Å². The average molecular weight is 488 g/mol. The molecule has 1 aliphatic carbocycles. The maximum atomic E-state index is 12.4. The van der Waals surface area contributed by atoms with E-state index in [0.717, 1.165) is 5.69 Å². The summed E-state index contributed by atoms with van der Waals surface area (Å²) in [5.74, 6) is 0.712. The minimum absolute atomic E-state index is 0.0236. The minimum Gasteiger partial charge on any atom is -0.507 e. The van der Waals surface area contributed by atoms with Gasteiger partial charge in [0.05, 0.1) is 12.7 Å². The number of benzene rings is 1. The number of nitrogens with one attached hydrogen (secondary N) is 3. The van der Waals surface area contributed by atoms with E-state index < -0.39 is 12.0 Å². The van der Waals surface area contributed by atoms with Gasteiger partial charge in [-0.3, -0.25) is 14.9 Å². The molecule has 1 aliphatic rings. The predicted octanol–water partition coefficient (Wildman–Crippen LogP) is 3.35. The molecule has 190 valence electrons. The van der Waals surface area contributed by atoms with E-state index in [4.69, 9.17) is 14.2 Å². The van der Waals surface area contributed by atoms with Gasteiger partial charge in [0.1, 0.15) is 23.4 Å². The minimum atomic E-state index is -0.419. The van der Waals surface area contributed by atoms with Gasteiger partial charge in [-0.15, -0.1) is 0 Å². The highest BCUT2D eigenvalue weighted by Gasteiger charge is 2.34. The summed E-state index contributed by atoms with van der Waals surface area (Å²) in [5.41, 5.74) is 1.22. The van der Waals surface area contributed by atoms with Crippen LogP contribution < -0.4 is 20.1 Å². The van der Waals surface area contributed by atoms with Crippen molar-refractivity contribution in [3.63, 3.8) is 0 Å². The maximum absolute atomic E-state index is 12.4. The van der Waals surface area contributed by atoms with Crippen molar-refractivity contribution in [3.8, 4) is 17.2 Å². The number of methoxy groups -OCH3 is 1. The second kappa shape index (κ2) is 11.6. The summed E-state index contributed by atoms with van der Waals surface area (Å²) in [6, 6.07) is 4.84. The van der Waals surface area contributed by atoms with Crippen LogP contribution in [0, 0.1) is 0 Å². The zero-order valence-corrected chi connectivity index (χ0v) is 20.6. The van der Waals surface area contributed by atoms with Crippen molar-refractivity contribution in [2.45, 2.75) is 64.6 Å². The topological polar surface area (TPSA) is 147 Å². The SMILES string of the molecule is COc1cc(O)c(/C=N/C(C)C)c(OCC(=O)Nc2cc(C3CC(OC(=O)NC(C)C)C3)[nH]n2)c1. The summed E-state index contributed by atoms with van der Waals surface area (Å²) in [6.45, 7) is 7.25. The number of ether oxygens (including phenoxy) is 3. The average Bonchev–Trinajstić information content (AvgIpc) is 3.20. The summed E-state index contributed by atoms with van der Waals surface area (Å²) in [5, 5.41) is 22.8. The molecule has 2 aromatic rings. The molecule has 0 bridgehead atoms. The molecule has 1 aromatic heterocycles. The van der Waals surface area contributed by atoms with Gasteiger partial charge < -0.3 is 30.0 Å². The number of aromatic hydroxyl groups is 1. The van der Waals surface area contributed by atoms with Gasteiger partial charge in [0.15, 0.2) is 12.4 Å². The van der Waals surface area contributed by atoms with Gasteiger partial charge in [0, 0.05) is 48.1 Å². The van der Waals surface area contributed by atoms with Crippen LogP contribution in [0.15, 0.2) is 23.2 Å². The summed E-state index contributed by atoms with van der Waals surface area (Å²) in [4.78, 5) is 28.4. The number of carbonyl (C=O) groups is 2. The Morgan fingerprint density at radius 2 is 2.00 bits per heavy atom. The van der Waals surface area contributed by atoms with Gasteiger partial charge >= 0.3 is 6.09 Å². The third kappa shape index (κ3) is 7.36. The number of phenolic OH excluding ortho intramolecular Hbond substituents is 1. The second-order valence-corrected chi connectivity index (χ2v) is 8.97. The number of H-pyrrole nitrogens is 1. The molecule has 0 saturated heterocycles. The smallest absolute Gasteiger partial charge is 0.407 e. The fourth-order valence-electron chi connectivity index (χ4n) is 3.45. The quantitative estimate of drug-likeness (QED) is 0.376. The van der Waals surface area contributed by atoms with E-state index in [1.165, 1.54) is 19.4 Å². The first-order valence-corrected chi connectivity index (χ1v) is 11.5. The van der Waals surface area contributed by atoms with Crippen LogP contribution >= 0.6 is 0 Å². The standard InChI is InChI=1S/C24H33N5O6/c1-13(2)25-11-18-20(30)8-16(33-5)9-21(18)34-12-23(31)27-22-10-19(28-29-22)15-6-17(7-15)35-24(32)26-14(3)4/h8-11,13-15,17,30H,6-7,12H2,1-5H3,(H,26,32)(H2,27,28,29,31)/b25-11+. The first kappa shape index (κ1) is 25.9. The summed E-state index contributed by atoms with van der Waals surface area (Å²) >= 11 is 0. The van der Waals surface area contributed by atoms with Crippen molar-refractivity contribution in [1.29, 1.82) is 0 Å². The molecule has 0 radical (unpaired) electrons. The predicted molar refractivity (Wildman–Crippen MR) is 131 cm³/mol. The Balaban J connectivity index is 1.53. The number of hydrogen-bond acceptors (Lipinski definition) is 8. The van der Waals surface area contributed by atoms with Crippen LogP contribution in [0.1, 0.15) is 57.7 Å². The van der Waals surface area contributed by atoms with Crippen LogP contribution in [0.3, 0.4) is 0 Å². The zero-order chi connectivity index (χ0) is 25.5. The van der Waals surface area contributed by atoms with Crippen LogP contribution in [0.2, 0.25) is 0 Å². The van der Waals surface area contributed by atoms with E-state index in [1.54, 1.807) is 12.1 Å². The number of rotatable bonds is 10. The molecule has 0 unspecified atom stereocenters. The molecule has 0 aliphatic heterocycles. The number of phenols is 1. The van der Waals surface area contributed by atoms with E-state index in [-0.39, 0.29) is 42.2 Å². The molecule has 1 heterocycles. The van der Waals surface area contributed by atoms with Gasteiger partial charge in [-0.25, -0.2) is 4.79 Å². The normalized spacial score (nSPS) is 17.3. The number of aromatic amines is 1. The van der Waals surface area contributed by atoms with Gasteiger partial charge in [-0.2, -0.15) is 5.10 Å². The van der Waals surface area contributed by atoms with Crippen molar-refractivity contribution in [2.24, 2.45) is 4.99 Å². The Morgan fingerprint density at radius 1 is 1.26 bits per heavy atom.